The average molecular weight is 387 g/mol. The van der Waals surface area contributed by atoms with E-state index < -0.39 is 0 Å². The minimum Gasteiger partial charge on any atom is -0.352 e. The maximum atomic E-state index is 12.9. The van der Waals surface area contributed by atoms with Crippen molar-refractivity contribution in [1.82, 2.24) is 10.3 Å². The molecular formula is C20H22FN3O2S. The van der Waals surface area contributed by atoms with Gasteiger partial charge in [-0.05, 0) is 43.2 Å². The third kappa shape index (κ3) is 4.86. The molecular weight excluding hydrogens is 365 g/mol. The normalized spacial score (nSPS) is 13.2. The highest BCUT2D eigenvalue weighted by Gasteiger charge is 2.26. The number of carbonyl (C=O) groups excluding carboxylic acids is 2. The molecule has 1 N–H and O–H groups in total. The van der Waals surface area contributed by atoms with Gasteiger partial charge >= 0.3 is 0 Å². The Morgan fingerprint density at radius 1 is 1.22 bits per heavy atom. The first-order valence-corrected chi connectivity index (χ1v) is 9.85. The largest absolute Gasteiger partial charge is 0.352 e. The number of fused-ring (bicyclic) bond motifs is 1. The number of amides is 2. The van der Waals surface area contributed by atoms with Crippen LogP contribution in [-0.2, 0) is 16.1 Å². The SMILES string of the molecule is Cc1cc(C)c2c(n1)SCCN2C(=O)CCC(=O)NCc1ccc(F)cc1. The maximum Gasteiger partial charge on any atom is 0.227 e. The van der Waals surface area contributed by atoms with Crippen LogP contribution in [0, 0.1) is 19.7 Å². The van der Waals surface area contributed by atoms with Crippen molar-refractivity contribution in [2.24, 2.45) is 0 Å². The standard InChI is InChI=1S/C20H22FN3O2S/c1-13-11-14(2)23-20-19(13)24(9-10-27-20)18(26)8-7-17(25)22-12-15-3-5-16(21)6-4-15/h3-6,11H,7-10,12H2,1-2H3,(H,22,25). The molecule has 5 nitrogen and oxygen atoms in total. The van der Waals surface area contributed by atoms with Gasteiger partial charge in [0.25, 0.3) is 0 Å². The first kappa shape index (κ1) is 19.4. The van der Waals surface area contributed by atoms with Crippen molar-refractivity contribution in [3.63, 3.8) is 0 Å². The summed E-state index contributed by atoms with van der Waals surface area (Å²) in [5.74, 6) is 0.224. The van der Waals surface area contributed by atoms with E-state index in [1.54, 1.807) is 28.8 Å². The Labute approximate surface area is 162 Å². The van der Waals surface area contributed by atoms with Crippen LogP contribution < -0.4 is 10.2 Å². The molecule has 2 heterocycles. The number of nitrogens with zero attached hydrogens (tertiary/aromatic N) is 2. The van der Waals surface area contributed by atoms with Gasteiger partial charge in [-0.1, -0.05) is 12.1 Å². The number of nitrogens with one attached hydrogen (secondary N) is 1. The van der Waals surface area contributed by atoms with Gasteiger partial charge in [0.2, 0.25) is 11.8 Å². The Morgan fingerprint density at radius 3 is 2.70 bits per heavy atom. The van der Waals surface area contributed by atoms with Crippen molar-refractivity contribution in [3.05, 3.63) is 53.0 Å². The molecule has 0 saturated heterocycles. The van der Waals surface area contributed by atoms with Gasteiger partial charge in [0.05, 0.1) is 5.69 Å². The molecule has 1 aromatic heterocycles. The quantitative estimate of drug-likeness (QED) is 0.854. The number of rotatable bonds is 5. The summed E-state index contributed by atoms with van der Waals surface area (Å²) in [7, 11) is 0. The highest BCUT2D eigenvalue weighted by molar-refractivity contribution is 7.99. The van der Waals surface area contributed by atoms with Crippen LogP contribution in [0.3, 0.4) is 0 Å². The molecule has 2 aromatic rings. The molecule has 0 saturated carbocycles. The molecule has 3 rings (SSSR count). The minimum absolute atomic E-state index is 0.0674. The summed E-state index contributed by atoms with van der Waals surface area (Å²) < 4.78 is 12.9. The third-order valence-electron chi connectivity index (χ3n) is 4.37. The second kappa shape index (κ2) is 8.52. The van der Waals surface area contributed by atoms with E-state index >= 15 is 0 Å². The molecule has 0 bridgehead atoms. The van der Waals surface area contributed by atoms with Gasteiger partial charge < -0.3 is 10.2 Å². The molecule has 27 heavy (non-hydrogen) atoms. The monoisotopic (exact) mass is 387 g/mol. The molecule has 142 valence electrons. The highest BCUT2D eigenvalue weighted by atomic mass is 32.2. The molecule has 7 heteroatoms. The Kier molecular flexibility index (Phi) is 6.11. The van der Waals surface area contributed by atoms with E-state index in [4.69, 9.17) is 0 Å². The van der Waals surface area contributed by atoms with Crippen molar-refractivity contribution in [3.8, 4) is 0 Å². The van der Waals surface area contributed by atoms with Crippen molar-refractivity contribution >= 4 is 29.3 Å². The van der Waals surface area contributed by atoms with Crippen molar-refractivity contribution < 1.29 is 14.0 Å². The van der Waals surface area contributed by atoms with Gasteiger partial charge in [-0.15, -0.1) is 11.8 Å². The van der Waals surface area contributed by atoms with Crippen LogP contribution >= 0.6 is 11.8 Å². The van der Waals surface area contributed by atoms with E-state index in [0.29, 0.717) is 13.1 Å². The zero-order valence-electron chi connectivity index (χ0n) is 15.4. The summed E-state index contributed by atoms with van der Waals surface area (Å²) in [4.78, 5) is 31.0. The number of aromatic nitrogens is 1. The van der Waals surface area contributed by atoms with E-state index in [-0.39, 0.29) is 30.5 Å². The maximum absolute atomic E-state index is 12.9. The Balaban J connectivity index is 1.55. The summed E-state index contributed by atoms with van der Waals surface area (Å²) in [6.45, 7) is 4.87. The predicted octanol–water partition coefficient (Wildman–Crippen LogP) is 3.37. The number of thioether (sulfide) groups is 1. The smallest absolute Gasteiger partial charge is 0.227 e. The number of hydrogen-bond acceptors (Lipinski definition) is 4. The van der Waals surface area contributed by atoms with Crippen LogP contribution in [-0.4, -0.2) is 29.1 Å². The number of hydrogen-bond donors (Lipinski definition) is 1. The molecule has 0 unspecified atom stereocenters. The van der Waals surface area contributed by atoms with Crippen molar-refractivity contribution in [1.29, 1.82) is 0 Å². The fraction of sp³-hybridized carbons (Fsp3) is 0.350. The fourth-order valence-electron chi connectivity index (χ4n) is 3.07. The van der Waals surface area contributed by atoms with Crippen molar-refractivity contribution in [2.45, 2.75) is 38.3 Å². The van der Waals surface area contributed by atoms with E-state index in [0.717, 1.165) is 33.3 Å². The Bertz CT molecular complexity index is 855. The lowest BCUT2D eigenvalue weighted by Gasteiger charge is -2.30. The van der Waals surface area contributed by atoms with E-state index in [1.165, 1.54) is 12.1 Å². The number of aryl methyl sites for hydroxylation is 2. The lowest BCUT2D eigenvalue weighted by atomic mass is 10.1. The van der Waals surface area contributed by atoms with E-state index in [9.17, 15) is 14.0 Å². The zero-order chi connectivity index (χ0) is 19.4. The van der Waals surface area contributed by atoms with Gasteiger partial charge in [0.15, 0.2) is 0 Å². The highest BCUT2D eigenvalue weighted by Crippen LogP contribution is 2.36. The molecule has 1 aliphatic rings. The van der Waals surface area contributed by atoms with Crippen LogP contribution in [0.5, 0.6) is 0 Å². The first-order chi connectivity index (χ1) is 12.9. The summed E-state index contributed by atoms with van der Waals surface area (Å²) in [6, 6.07) is 7.94. The summed E-state index contributed by atoms with van der Waals surface area (Å²) in [5.41, 5.74) is 3.65. The minimum atomic E-state index is -0.310. The molecule has 0 aliphatic carbocycles. The molecule has 0 spiro atoms. The second-order valence-corrected chi connectivity index (χ2v) is 7.61. The van der Waals surface area contributed by atoms with Gasteiger partial charge in [0.1, 0.15) is 10.8 Å². The number of halogens is 1. The van der Waals surface area contributed by atoms with Gasteiger partial charge in [-0.25, -0.2) is 9.37 Å². The molecule has 0 atom stereocenters. The molecule has 0 fully saturated rings. The summed E-state index contributed by atoms with van der Waals surface area (Å²) in [6.07, 6.45) is 0.268. The molecule has 2 amide bonds. The lowest BCUT2D eigenvalue weighted by Crippen LogP contribution is -2.37. The number of pyridine rings is 1. The van der Waals surface area contributed by atoms with Crippen LogP contribution in [0.4, 0.5) is 10.1 Å². The topological polar surface area (TPSA) is 62.3 Å². The van der Waals surface area contributed by atoms with Gasteiger partial charge in [0, 0.05) is 37.4 Å². The number of carbonyl (C=O) groups is 2. The zero-order valence-corrected chi connectivity index (χ0v) is 16.2. The average Bonchev–Trinajstić information content (AvgIpc) is 2.64. The Hall–Kier alpha value is -2.41. The first-order valence-electron chi connectivity index (χ1n) is 8.86. The van der Waals surface area contributed by atoms with Crippen LogP contribution in [0.25, 0.3) is 0 Å². The van der Waals surface area contributed by atoms with E-state index in [1.807, 2.05) is 19.9 Å². The summed E-state index contributed by atoms with van der Waals surface area (Å²) in [5, 5.41) is 3.65. The molecule has 0 radical (unpaired) electrons. The van der Waals surface area contributed by atoms with Crippen molar-refractivity contribution in [2.75, 3.05) is 17.2 Å². The lowest BCUT2D eigenvalue weighted by molar-refractivity contribution is -0.125. The van der Waals surface area contributed by atoms with Gasteiger partial charge in [-0.3, -0.25) is 9.59 Å². The number of benzene rings is 1. The number of anilines is 1. The second-order valence-electron chi connectivity index (χ2n) is 6.53. The van der Waals surface area contributed by atoms with Gasteiger partial charge in [-0.2, -0.15) is 0 Å². The van der Waals surface area contributed by atoms with E-state index in [2.05, 4.69) is 10.3 Å². The third-order valence-corrected chi connectivity index (χ3v) is 5.32. The summed E-state index contributed by atoms with van der Waals surface area (Å²) >= 11 is 1.66. The predicted molar refractivity (Wildman–Crippen MR) is 104 cm³/mol. The molecule has 1 aliphatic heterocycles. The Morgan fingerprint density at radius 2 is 1.96 bits per heavy atom. The fourth-order valence-corrected chi connectivity index (χ4v) is 4.15. The van der Waals surface area contributed by atoms with Crippen LogP contribution in [0.15, 0.2) is 35.4 Å². The van der Waals surface area contributed by atoms with Crippen LogP contribution in [0.1, 0.15) is 29.7 Å². The molecule has 1 aromatic carbocycles. The van der Waals surface area contributed by atoms with Crippen LogP contribution in [0.2, 0.25) is 0 Å².